The molecule has 1 atom stereocenters. The Morgan fingerprint density at radius 3 is 2.92 bits per heavy atom. The van der Waals surface area contributed by atoms with Gasteiger partial charge in [0.1, 0.15) is 5.75 Å². The van der Waals surface area contributed by atoms with Gasteiger partial charge in [0.2, 0.25) is 0 Å². The molecule has 2 N–H and O–H groups in total. The van der Waals surface area contributed by atoms with Crippen LogP contribution >= 0.6 is 0 Å². The molecule has 1 aromatic rings. The van der Waals surface area contributed by atoms with E-state index in [4.69, 9.17) is 9.47 Å². The molecule has 6 heteroatoms. The number of amides is 1. The van der Waals surface area contributed by atoms with Gasteiger partial charge in [-0.2, -0.15) is 0 Å². The van der Waals surface area contributed by atoms with Crippen molar-refractivity contribution in [3.63, 3.8) is 0 Å². The van der Waals surface area contributed by atoms with Crippen LogP contribution in [0.4, 0.5) is 0 Å². The second-order valence-electron chi connectivity index (χ2n) is 6.68. The molecule has 1 unspecified atom stereocenters. The largest absolute Gasteiger partial charge is 0.476 e. The van der Waals surface area contributed by atoms with Crippen molar-refractivity contribution in [1.82, 2.24) is 15.6 Å². The van der Waals surface area contributed by atoms with E-state index in [0.29, 0.717) is 25.1 Å². The maximum absolute atomic E-state index is 12.9. The fourth-order valence-electron chi connectivity index (χ4n) is 3.28. The lowest BCUT2D eigenvalue weighted by Crippen LogP contribution is -2.57. The molecule has 3 rings (SSSR count). The third-order valence-corrected chi connectivity index (χ3v) is 4.79. The lowest BCUT2D eigenvalue weighted by molar-refractivity contribution is -0.140. The molecule has 2 aliphatic rings. The molecule has 0 radical (unpaired) electrons. The summed E-state index contributed by atoms with van der Waals surface area (Å²) in [7, 11) is 0. The zero-order valence-corrected chi connectivity index (χ0v) is 14.3. The first kappa shape index (κ1) is 17.2. The van der Waals surface area contributed by atoms with E-state index in [9.17, 15) is 4.79 Å². The summed E-state index contributed by atoms with van der Waals surface area (Å²) in [5, 5.41) is 6.35. The van der Waals surface area contributed by atoms with Crippen molar-refractivity contribution < 1.29 is 14.3 Å². The summed E-state index contributed by atoms with van der Waals surface area (Å²) in [5.74, 6) is 0.602. The Labute approximate surface area is 143 Å². The topological polar surface area (TPSA) is 72.5 Å². The first-order chi connectivity index (χ1) is 11.7. The summed E-state index contributed by atoms with van der Waals surface area (Å²) in [6.45, 7) is 4.82. The first-order valence-electron chi connectivity index (χ1n) is 8.90. The fraction of sp³-hybridized carbons (Fsp3) is 0.667. The molecule has 2 saturated heterocycles. The molecule has 0 aromatic carbocycles. The number of aromatic nitrogens is 1. The predicted molar refractivity (Wildman–Crippen MR) is 91.0 cm³/mol. The van der Waals surface area contributed by atoms with Crippen molar-refractivity contribution in [1.29, 1.82) is 0 Å². The van der Waals surface area contributed by atoms with E-state index >= 15 is 0 Å². The normalized spacial score (nSPS) is 23.5. The Morgan fingerprint density at radius 2 is 2.25 bits per heavy atom. The summed E-state index contributed by atoms with van der Waals surface area (Å²) in [5.41, 5.74) is 0.109. The van der Waals surface area contributed by atoms with Gasteiger partial charge in [0.15, 0.2) is 5.60 Å². The van der Waals surface area contributed by atoms with Crippen molar-refractivity contribution in [3.05, 3.63) is 24.0 Å². The molecule has 0 bridgehead atoms. The number of nitrogens with zero attached hydrogens (tertiary/aromatic N) is 1. The van der Waals surface area contributed by atoms with E-state index < -0.39 is 5.60 Å². The molecule has 0 aliphatic carbocycles. The third-order valence-electron chi connectivity index (χ3n) is 4.79. The average molecular weight is 333 g/mol. The quantitative estimate of drug-likeness (QED) is 0.856. The van der Waals surface area contributed by atoms with Gasteiger partial charge in [-0.15, -0.1) is 0 Å². The van der Waals surface area contributed by atoms with Crippen molar-refractivity contribution in [3.8, 4) is 5.75 Å². The minimum atomic E-state index is -0.823. The fourth-order valence-corrected chi connectivity index (χ4v) is 3.28. The smallest absolute Gasteiger partial charge is 0.264 e. The van der Waals surface area contributed by atoms with Crippen LogP contribution in [0.15, 0.2) is 18.3 Å². The number of aryl methyl sites for hydroxylation is 1. The summed E-state index contributed by atoms with van der Waals surface area (Å²) >= 11 is 0. The van der Waals surface area contributed by atoms with Gasteiger partial charge < -0.3 is 20.1 Å². The van der Waals surface area contributed by atoms with Gasteiger partial charge >= 0.3 is 0 Å². The van der Waals surface area contributed by atoms with Gasteiger partial charge in [0.25, 0.3) is 5.91 Å². The van der Waals surface area contributed by atoms with E-state index in [1.165, 1.54) is 6.42 Å². The summed E-state index contributed by atoms with van der Waals surface area (Å²) in [4.78, 5) is 17.2. The SMILES string of the molecule is Cc1ccc(OC2(C(=O)NCC3CCCCO3)CCNCC2)cn1. The van der Waals surface area contributed by atoms with Crippen molar-refractivity contribution in [2.75, 3.05) is 26.2 Å². The number of rotatable bonds is 5. The van der Waals surface area contributed by atoms with Gasteiger partial charge in [0, 0.05) is 31.7 Å². The highest BCUT2D eigenvalue weighted by Gasteiger charge is 2.42. The highest BCUT2D eigenvalue weighted by molar-refractivity contribution is 5.85. The lowest BCUT2D eigenvalue weighted by atomic mass is 9.90. The second kappa shape index (κ2) is 7.94. The molecule has 132 valence electrons. The summed E-state index contributed by atoms with van der Waals surface area (Å²) in [6.07, 6.45) is 6.41. The van der Waals surface area contributed by atoms with Crippen LogP contribution < -0.4 is 15.4 Å². The van der Waals surface area contributed by atoms with E-state index in [2.05, 4.69) is 15.6 Å². The number of carbonyl (C=O) groups excluding carboxylic acids is 1. The first-order valence-corrected chi connectivity index (χ1v) is 8.90. The van der Waals surface area contributed by atoms with Gasteiger partial charge in [-0.05, 0) is 51.4 Å². The number of hydrogen-bond acceptors (Lipinski definition) is 5. The maximum atomic E-state index is 12.9. The van der Waals surface area contributed by atoms with Crippen LogP contribution in [0.3, 0.4) is 0 Å². The van der Waals surface area contributed by atoms with Crippen molar-refractivity contribution in [2.45, 2.75) is 50.7 Å². The van der Waals surface area contributed by atoms with Gasteiger partial charge in [-0.25, -0.2) is 0 Å². The molecular weight excluding hydrogens is 306 g/mol. The van der Waals surface area contributed by atoms with E-state index in [0.717, 1.165) is 38.2 Å². The standard InChI is InChI=1S/C18H27N3O3/c1-14-5-6-16(13-20-14)24-18(7-9-19-10-8-18)17(22)21-12-15-4-2-3-11-23-15/h5-6,13,15,19H,2-4,7-12H2,1H3,(H,21,22). The van der Waals surface area contributed by atoms with Gasteiger partial charge in [0.05, 0.1) is 12.3 Å². The molecular formula is C18H27N3O3. The van der Waals surface area contributed by atoms with Crippen LogP contribution in [-0.2, 0) is 9.53 Å². The second-order valence-corrected chi connectivity index (χ2v) is 6.68. The van der Waals surface area contributed by atoms with E-state index in [1.54, 1.807) is 6.20 Å². The highest BCUT2D eigenvalue weighted by Crippen LogP contribution is 2.27. The number of nitrogens with one attached hydrogen (secondary N) is 2. The van der Waals surface area contributed by atoms with Crippen molar-refractivity contribution >= 4 is 5.91 Å². The van der Waals surface area contributed by atoms with Crippen LogP contribution in [-0.4, -0.2) is 48.8 Å². The van der Waals surface area contributed by atoms with Crippen LogP contribution in [0.5, 0.6) is 5.75 Å². The molecule has 0 spiro atoms. The maximum Gasteiger partial charge on any atom is 0.264 e. The minimum absolute atomic E-state index is 0.0428. The summed E-state index contributed by atoms with van der Waals surface area (Å²) < 4.78 is 11.8. The van der Waals surface area contributed by atoms with Crippen LogP contribution in [0.25, 0.3) is 0 Å². The highest BCUT2D eigenvalue weighted by atomic mass is 16.5. The number of hydrogen-bond donors (Lipinski definition) is 2. The number of carbonyl (C=O) groups is 1. The monoisotopic (exact) mass is 333 g/mol. The molecule has 0 saturated carbocycles. The zero-order chi connectivity index (χ0) is 16.8. The molecule has 1 amide bonds. The average Bonchev–Trinajstić information content (AvgIpc) is 2.63. The summed E-state index contributed by atoms with van der Waals surface area (Å²) in [6, 6.07) is 3.78. The Hall–Kier alpha value is -1.66. The number of piperidine rings is 1. The van der Waals surface area contributed by atoms with Gasteiger partial charge in [-0.1, -0.05) is 0 Å². The lowest BCUT2D eigenvalue weighted by Gasteiger charge is -2.37. The Balaban J connectivity index is 1.65. The molecule has 2 fully saturated rings. The molecule has 2 aliphatic heterocycles. The Morgan fingerprint density at radius 1 is 1.42 bits per heavy atom. The molecule has 6 nitrogen and oxygen atoms in total. The Bertz CT molecular complexity index is 535. The Kier molecular flexibility index (Phi) is 5.68. The van der Waals surface area contributed by atoms with Crippen LogP contribution in [0.2, 0.25) is 0 Å². The molecule has 24 heavy (non-hydrogen) atoms. The predicted octanol–water partition coefficient (Wildman–Crippen LogP) is 1.58. The number of ether oxygens (including phenoxy) is 2. The molecule has 1 aromatic heterocycles. The molecule has 3 heterocycles. The van der Waals surface area contributed by atoms with Gasteiger partial charge in [-0.3, -0.25) is 9.78 Å². The van der Waals surface area contributed by atoms with Crippen molar-refractivity contribution in [2.24, 2.45) is 0 Å². The zero-order valence-electron chi connectivity index (χ0n) is 14.3. The third kappa shape index (κ3) is 4.24. The van der Waals surface area contributed by atoms with Crippen LogP contribution in [0, 0.1) is 6.92 Å². The van der Waals surface area contributed by atoms with E-state index in [-0.39, 0.29) is 12.0 Å². The van der Waals surface area contributed by atoms with Crippen LogP contribution in [0.1, 0.15) is 37.8 Å². The number of pyridine rings is 1. The minimum Gasteiger partial charge on any atom is -0.476 e. The van der Waals surface area contributed by atoms with E-state index in [1.807, 2.05) is 19.1 Å².